The number of thioether (sulfide) groups is 1. The monoisotopic (exact) mass is 354 g/mol. The molecule has 3 rings (SSSR count). The molecule has 0 saturated carbocycles. The van der Waals surface area contributed by atoms with Crippen molar-refractivity contribution >= 4 is 22.7 Å². The minimum absolute atomic E-state index is 0.265. The molecule has 5 heteroatoms. The molecule has 0 unspecified atom stereocenters. The van der Waals surface area contributed by atoms with Crippen LogP contribution in [0, 0.1) is 20.8 Å². The van der Waals surface area contributed by atoms with Crippen molar-refractivity contribution in [2.75, 3.05) is 12.4 Å². The van der Waals surface area contributed by atoms with E-state index in [0.29, 0.717) is 5.75 Å². The zero-order valence-electron chi connectivity index (χ0n) is 14.7. The quantitative estimate of drug-likeness (QED) is 0.534. The van der Waals surface area contributed by atoms with Crippen LogP contribution in [-0.4, -0.2) is 33.5 Å². The Morgan fingerprint density at radius 2 is 1.72 bits per heavy atom. The Labute approximate surface area is 152 Å². The summed E-state index contributed by atoms with van der Waals surface area (Å²) in [5, 5.41) is 12.2. The van der Waals surface area contributed by atoms with Gasteiger partial charge in [0.1, 0.15) is 23.2 Å². The summed E-state index contributed by atoms with van der Waals surface area (Å²) in [4.78, 5) is 8.97. The number of aliphatic hydroxyl groups excluding tert-OH is 1. The third kappa shape index (κ3) is 4.30. The van der Waals surface area contributed by atoms with Gasteiger partial charge in [-0.25, -0.2) is 9.97 Å². The van der Waals surface area contributed by atoms with Crippen molar-refractivity contribution in [2.24, 2.45) is 0 Å². The Hall–Kier alpha value is -2.11. The molecule has 0 bridgehead atoms. The smallest absolute Gasteiger partial charge is 0.127 e. The summed E-state index contributed by atoms with van der Waals surface area (Å²) < 4.78 is 5.83. The second-order valence-corrected chi connectivity index (χ2v) is 7.10. The van der Waals surface area contributed by atoms with Crippen LogP contribution in [-0.2, 0) is 0 Å². The molecule has 0 fully saturated rings. The van der Waals surface area contributed by atoms with Gasteiger partial charge in [0.05, 0.1) is 11.6 Å². The van der Waals surface area contributed by atoms with E-state index in [9.17, 15) is 5.11 Å². The van der Waals surface area contributed by atoms with Gasteiger partial charge in [-0.05, 0) is 38.0 Å². The molecule has 0 amide bonds. The number of hydrogen-bond donors (Lipinski definition) is 1. The molecule has 0 spiro atoms. The number of aliphatic hydroxyl groups is 1. The molecule has 2 aromatic carbocycles. The molecule has 25 heavy (non-hydrogen) atoms. The van der Waals surface area contributed by atoms with Gasteiger partial charge in [0.15, 0.2) is 0 Å². The zero-order valence-corrected chi connectivity index (χ0v) is 15.5. The van der Waals surface area contributed by atoms with Crippen LogP contribution in [0.3, 0.4) is 0 Å². The van der Waals surface area contributed by atoms with E-state index in [0.717, 1.165) is 38.6 Å². The summed E-state index contributed by atoms with van der Waals surface area (Å²) in [6.45, 7) is 6.18. The number of benzene rings is 2. The molecule has 0 saturated heterocycles. The van der Waals surface area contributed by atoms with Crippen molar-refractivity contribution in [3.05, 3.63) is 59.4 Å². The summed E-state index contributed by atoms with van der Waals surface area (Å²) in [5.74, 6) is 2.11. The second-order valence-electron chi connectivity index (χ2n) is 6.09. The number of para-hydroxylation sites is 2. The van der Waals surface area contributed by atoms with E-state index in [1.165, 1.54) is 11.8 Å². The fourth-order valence-electron chi connectivity index (χ4n) is 2.70. The predicted octanol–water partition coefficient (Wildman–Crippen LogP) is 4.09. The molecule has 1 atom stereocenters. The first-order valence-electron chi connectivity index (χ1n) is 8.28. The number of fused-ring (bicyclic) bond motifs is 1. The minimum Gasteiger partial charge on any atom is -0.490 e. The lowest BCUT2D eigenvalue weighted by Crippen LogP contribution is -2.20. The fourth-order valence-corrected chi connectivity index (χ4v) is 3.67. The standard InChI is InChI=1S/C20H22N2O2S/c1-13-7-6-8-14(2)19(13)24-11-16(23)12-25-20-17-9-4-5-10-18(17)21-15(3)22-20/h4-10,16,23H,11-12H2,1-3H3/t16-/m1/s1. The molecule has 0 radical (unpaired) electrons. The number of ether oxygens (including phenoxy) is 1. The van der Waals surface area contributed by atoms with Crippen LogP contribution in [0.5, 0.6) is 5.75 Å². The summed E-state index contributed by atoms with van der Waals surface area (Å²) in [5.41, 5.74) is 3.09. The largest absolute Gasteiger partial charge is 0.490 e. The van der Waals surface area contributed by atoms with Crippen molar-refractivity contribution < 1.29 is 9.84 Å². The third-order valence-electron chi connectivity index (χ3n) is 3.92. The van der Waals surface area contributed by atoms with Gasteiger partial charge in [-0.15, -0.1) is 11.8 Å². The van der Waals surface area contributed by atoms with Crippen molar-refractivity contribution in [1.29, 1.82) is 0 Å². The Kier molecular flexibility index (Phi) is 5.56. The van der Waals surface area contributed by atoms with Gasteiger partial charge in [-0.3, -0.25) is 0 Å². The third-order valence-corrected chi connectivity index (χ3v) is 5.06. The molecule has 0 aliphatic heterocycles. The van der Waals surface area contributed by atoms with E-state index in [-0.39, 0.29) is 6.61 Å². The van der Waals surface area contributed by atoms with Crippen molar-refractivity contribution in [3.63, 3.8) is 0 Å². The summed E-state index contributed by atoms with van der Waals surface area (Å²) >= 11 is 1.53. The van der Waals surface area contributed by atoms with E-state index < -0.39 is 6.10 Å². The molecule has 130 valence electrons. The highest BCUT2D eigenvalue weighted by Gasteiger charge is 2.12. The number of rotatable bonds is 6. The average molecular weight is 354 g/mol. The van der Waals surface area contributed by atoms with E-state index in [4.69, 9.17) is 4.74 Å². The molecule has 1 N–H and O–H groups in total. The molecule has 4 nitrogen and oxygen atoms in total. The highest BCUT2D eigenvalue weighted by atomic mass is 32.2. The molecular formula is C20H22N2O2S. The molecule has 1 heterocycles. The minimum atomic E-state index is -0.571. The van der Waals surface area contributed by atoms with Gasteiger partial charge < -0.3 is 9.84 Å². The van der Waals surface area contributed by atoms with Crippen LogP contribution in [0.4, 0.5) is 0 Å². The predicted molar refractivity (Wildman–Crippen MR) is 102 cm³/mol. The first-order valence-corrected chi connectivity index (χ1v) is 9.26. The van der Waals surface area contributed by atoms with E-state index >= 15 is 0 Å². The average Bonchev–Trinajstić information content (AvgIpc) is 2.59. The van der Waals surface area contributed by atoms with Gasteiger partial charge in [0, 0.05) is 11.1 Å². The van der Waals surface area contributed by atoms with Gasteiger partial charge >= 0.3 is 0 Å². The molecular weight excluding hydrogens is 332 g/mol. The van der Waals surface area contributed by atoms with Crippen LogP contribution in [0.2, 0.25) is 0 Å². The second kappa shape index (κ2) is 7.85. The Balaban J connectivity index is 1.64. The molecule has 3 aromatic rings. The zero-order chi connectivity index (χ0) is 17.8. The first-order chi connectivity index (χ1) is 12.0. The summed E-state index contributed by atoms with van der Waals surface area (Å²) in [7, 11) is 0. The SMILES string of the molecule is Cc1nc(SC[C@H](O)COc2c(C)cccc2C)c2ccccc2n1. The van der Waals surface area contributed by atoms with Crippen LogP contribution in [0.25, 0.3) is 10.9 Å². The highest BCUT2D eigenvalue weighted by Crippen LogP contribution is 2.26. The lowest BCUT2D eigenvalue weighted by Gasteiger charge is -2.15. The van der Waals surface area contributed by atoms with Gasteiger partial charge in [0.2, 0.25) is 0 Å². The van der Waals surface area contributed by atoms with Gasteiger partial charge in [-0.2, -0.15) is 0 Å². The van der Waals surface area contributed by atoms with Crippen molar-refractivity contribution in [2.45, 2.75) is 31.9 Å². The lowest BCUT2D eigenvalue weighted by atomic mass is 10.1. The fraction of sp³-hybridized carbons (Fsp3) is 0.300. The maximum Gasteiger partial charge on any atom is 0.127 e. The molecule has 0 aliphatic rings. The Morgan fingerprint density at radius 1 is 1.00 bits per heavy atom. The van der Waals surface area contributed by atoms with Crippen LogP contribution < -0.4 is 4.74 Å². The van der Waals surface area contributed by atoms with E-state index in [2.05, 4.69) is 9.97 Å². The maximum absolute atomic E-state index is 10.3. The molecule has 1 aromatic heterocycles. The van der Waals surface area contributed by atoms with Crippen LogP contribution >= 0.6 is 11.8 Å². The van der Waals surface area contributed by atoms with E-state index in [1.54, 1.807) is 0 Å². The van der Waals surface area contributed by atoms with Crippen LogP contribution in [0.15, 0.2) is 47.5 Å². The number of hydrogen-bond acceptors (Lipinski definition) is 5. The van der Waals surface area contributed by atoms with Gasteiger partial charge in [0.25, 0.3) is 0 Å². The Bertz CT molecular complexity index is 862. The van der Waals surface area contributed by atoms with Crippen molar-refractivity contribution in [1.82, 2.24) is 9.97 Å². The van der Waals surface area contributed by atoms with E-state index in [1.807, 2.05) is 63.2 Å². The topological polar surface area (TPSA) is 55.2 Å². The highest BCUT2D eigenvalue weighted by molar-refractivity contribution is 7.99. The number of nitrogens with zero attached hydrogens (tertiary/aromatic N) is 2. The summed E-state index contributed by atoms with van der Waals surface area (Å²) in [6.07, 6.45) is -0.571. The number of aromatic nitrogens is 2. The van der Waals surface area contributed by atoms with Crippen molar-refractivity contribution in [3.8, 4) is 5.75 Å². The molecule has 0 aliphatic carbocycles. The van der Waals surface area contributed by atoms with Crippen LogP contribution in [0.1, 0.15) is 17.0 Å². The number of aryl methyl sites for hydroxylation is 3. The lowest BCUT2D eigenvalue weighted by molar-refractivity contribution is 0.125. The Morgan fingerprint density at radius 3 is 2.48 bits per heavy atom. The van der Waals surface area contributed by atoms with Gasteiger partial charge in [-0.1, -0.05) is 36.4 Å². The maximum atomic E-state index is 10.3. The summed E-state index contributed by atoms with van der Waals surface area (Å²) in [6, 6.07) is 14.0. The first kappa shape index (κ1) is 17.7. The normalized spacial score (nSPS) is 12.3.